The molecule has 1 amide bonds. The van der Waals surface area contributed by atoms with Crippen LogP contribution < -0.4 is 16.0 Å². The molecule has 142 valence electrons. The van der Waals surface area contributed by atoms with Crippen molar-refractivity contribution < 1.29 is 4.79 Å². The fourth-order valence-corrected chi connectivity index (χ4v) is 2.07. The lowest BCUT2D eigenvalue weighted by atomic mass is 10.1. The number of nitrogens with zero attached hydrogens (tertiary/aromatic N) is 1. The average Bonchev–Trinajstić information content (AvgIpc) is 2.59. The number of guanidine groups is 1. The molecule has 0 fully saturated rings. The monoisotopic (exact) mass is 460 g/mol. The normalized spacial score (nSPS) is 10.8. The largest absolute Gasteiger partial charge is 0.356 e. The van der Waals surface area contributed by atoms with Crippen LogP contribution in [0.1, 0.15) is 50.7 Å². The van der Waals surface area contributed by atoms with Gasteiger partial charge in [-0.05, 0) is 25.3 Å². The Labute approximate surface area is 169 Å². The SMILES string of the molecule is CCCCNC(=NCc1ccc(C)cc1)NCCC(=O)NCCC.I. The molecule has 1 rings (SSSR count). The number of nitrogens with one attached hydrogen (secondary N) is 3. The summed E-state index contributed by atoms with van der Waals surface area (Å²) in [6.45, 7) is 9.13. The van der Waals surface area contributed by atoms with Crippen molar-refractivity contribution in [3.63, 3.8) is 0 Å². The maximum absolute atomic E-state index is 11.6. The van der Waals surface area contributed by atoms with Crippen molar-refractivity contribution in [2.75, 3.05) is 19.6 Å². The molecule has 0 aliphatic rings. The Balaban J connectivity index is 0.00000576. The van der Waals surface area contributed by atoms with Gasteiger partial charge in [0.05, 0.1) is 6.54 Å². The van der Waals surface area contributed by atoms with Crippen molar-refractivity contribution in [2.24, 2.45) is 4.99 Å². The van der Waals surface area contributed by atoms with E-state index in [0.717, 1.165) is 38.3 Å². The molecule has 1 aromatic carbocycles. The number of rotatable bonds is 10. The lowest BCUT2D eigenvalue weighted by Crippen LogP contribution is -2.40. The molecule has 0 saturated carbocycles. The van der Waals surface area contributed by atoms with Gasteiger partial charge in [-0.3, -0.25) is 4.79 Å². The molecular formula is C19H33IN4O. The molecule has 1 aromatic rings. The number of unbranched alkanes of at least 4 members (excludes halogenated alkanes) is 1. The third-order valence-corrected chi connectivity index (χ3v) is 3.58. The second-order valence-corrected chi connectivity index (χ2v) is 5.96. The van der Waals surface area contributed by atoms with Crippen molar-refractivity contribution in [1.82, 2.24) is 16.0 Å². The van der Waals surface area contributed by atoms with Crippen LogP contribution in [0, 0.1) is 6.92 Å². The van der Waals surface area contributed by atoms with Gasteiger partial charge in [0.2, 0.25) is 5.91 Å². The first-order chi connectivity index (χ1) is 11.7. The van der Waals surface area contributed by atoms with E-state index in [9.17, 15) is 4.79 Å². The maximum atomic E-state index is 11.6. The van der Waals surface area contributed by atoms with E-state index in [2.05, 4.69) is 59.1 Å². The Morgan fingerprint density at radius 2 is 1.64 bits per heavy atom. The molecule has 0 saturated heterocycles. The van der Waals surface area contributed by atoms with Crippen LogP contribution in [0.4, 0.5) is 0 Å². The predicted octanol–water partition coefficient (Wildman–Crippen LogP) is 3.36. The third-order valence-electron chi connectivity index (χ3n) is 3.58. The predicted molar refractivity (Wildman–Crippen MR) is 117 cm³/mol. The summed E-state index contributed by atoms with van der Waals surface area (Å²) in [5.41, 5.74) is 2.43. The molecule has 0 aliphatic carbocycles. The van der Waals surface area contributed by atoms with Gasteiger partial charge < -0.3 is 16.0 Å². The molecule has 0 aliphatic heterocycles. The smallest absolute Gasteiger partial charge is 0.221 e. The van der Waals surface area contributed by atoms with Crippen molar-refractivity contribution in [1.29, 1.82) is 0 Å². The number of halogens is 1. The zero-order valence-corrected chi connectivity index (χ0v) is 18.1. The molecular weight excluding hydrogens is 427 g/mol. The lowest BCUT2D eigenvalue weighted by Gasteiger charge is -2.12. The zero-order valence-electron chi connectivity index (χ0n) is 15.7. The highest BCUT2D eigenvalue weighted by Gasteiger charge is 2.02. The van der Waals surface area contributed by atoms with E-state index >= 15 is 0 Å². The zero-order chi connectivity index (χ0) is 17.6. The number of hydrogen-bond donors (Lipinski definition) is 3. The summed E-state index contributed by atoms with van der Waals surface area (Å²) in [5.74, 6) is 0.850. The molecule has 5 nitrogen and oxygen atoms in total. The summed E-state index contributed by atoms with van der Waals surface area (Å²) in [6.07, 6.45) is 3.65. The van der Waals surface area contributed by atoms with Gasteiger partial charge in [-0.2, -0.15) is 0 Å². The molecule has 3 N–H and O–H groups in total. The Hall–Kier alpha value is -1.31. The number of benzene rings is 1. The summed E-state index contributed by atoms with van der Waals surface area (Å²) in [5, 5.41) is 9.45. The number of carbonyl (C=O) groups is 1. The molecule has 0 atom stereocenters. The van der Waals surface area contributed by atoms with Gasteiger partial charge in [0.25, 0.3) is 0 Å². The molecule has 25 heavy (non-hydrogen) atoms. The molecule has 0 bridgehead atoms. The summed E-state index contributed by atoms with van der Waals surface area (Å²) >= 11 is 0. The van der Waals surface area contributed by atoms with E-state index in [1.807, 2.05) is 6.92 Å². The first kappa shape index (κ1) is 23.7. The van der Waals surface area contributed by atoms with Crippen LogP contribution in [0.15, 0.2) is 29.3 Å². The van der Waals surface area contributed by atoms with Gasteiger partial charge >= 0.3 is 0 Å². The van der Waals surface area contributed by atoms with Gasteiger partial charge in [-0.25, -0.2) is 4.99 Å². The van der Waals surface area contributed by atoms with Crippen LogP contribution in [-0.2, 0) is 11.3 Å². The van der Waals surface area contributed by atoms with E-state index in [0.29, 0.717) is 19.5 Å². The van der Waals surface area contributed by atoms with E-state index in [-0.39, 0.29) is 29.9 Å². The van der Waals surface area contributed by atoms with Gasteiger partial charge in [0, 0.05) is 26.1 Å². The molecule has 0 heterocycles. The molecule has 0 spiro atoms. The van der Waals surface area contributed by atoms with Crippen LogP contribution in [-0.4, -0.2) is 31.5 Å². The summed E-state index contributed by atoms with van der Waals surface area (Å²) in [7, 11) is 0. The highest BCUT2D eigenvalue weighted by Crippen LogP contribution is 2.04. The minimum atomic E-state index is 0. The quantitative estimate of drug-likeness (QED) is 0.217. The average molecular weight is 460 g/mol. The fraction of sp³-hybridized carbons (Fsp3) is 0.579. The van der Waals surface area contributed by atoms with Crippen molar-refractivity contribution in [3.8, 4) is 0 Å². The standard InChI is InChI=1S/C19H32N4O.HI/c1-4-6-13-21-19(22-14-11-18(24)20-12-5-2)23-15-17-9-7-16(3)8-10-17;/h7-10H,4-6,11-15H2,1-3H3,(H,20,24)(H2,21,22,23);1H. The van der Waals surface area contributed by atoms with Gasteiger partial charge in [0.15, 0.2) is 5.96 Å². The Bertz CT molecular complexity index is 503. The van der Waals surface area contributed by atoms with E-state index in [4.69, 9.17) is 0 Å². The van der Waals surface area contributed by atoms with Crippen molar-refractivity contribution in [2.45, 2.75) is 53.0 Å². The summed E-state index contributed by atoms with van der Waals surface area (Å²) in [4.78, 5) is 16.3. The topological polar surface area (TPSA) is 65.5 Å². The van der Waals surface area contributed by atoms with Crippen LogP contribution in [0.25, 0.3) is 0 Å². The van der Waals surface area contributed by atoms with Gasteiger partial charge in [-0.15, -0.1) is 24.0 Å². The highest BCUT2D eigenvalue weighted by molar-refractivity contribution is 14.0. The molecule has 0 unspecified atom stereocenters. The van der Waals surface area contributed by atoms with Gasteiger partial charge in [0.1, 0.15) is 0 Å². The first-order valence-electron chi connectivity index (χ1n) is 9.00. The van der Waals surface area contributed by atoms with Crippen LogP contribution in [0.5, 0.6) is 0 Å². The first-order valence-corrected chi connectivity index (χ1v) is 9.00. The number of carbonyl (C=O) groups excluding carboxylic acids is 1. The van der Waals surface area contributed by atoms with Crippen LogP contribution >= 0.6 is 24.0 Å². The third kappa shape index (κ3) is 11.8. The number of aryl methyl sites for hydroxylation is 1. The molecule has 0 radical (unpaired) electrons. The van der Waals surface area contributed by atoms with E-state index in [1.165, 1.54) is 11.1 Å². The number of hydrogen-bond acceptors (Lipinski definition) is 2. The van der Waals surface area contributed by atoms with Gasteiger partial charge in [-0.1, -0.05) is 50.1 Å². The minimum absolute atomic E-state index is 0. The summed E-state index contributed by atoms with van der Waals surface area (Å²) in [6, 6.07) is 8.39. The second-order valence-electron chi connectivity index (χ2n) is 5.96. The highest BCUT2D eigenvalue weighted by atomic mass is 127. The Morgan fingerprint density at radius 1 is 0.960 bits per heavy atom. The number of aliphatic imine (C=N–C) groups is 1. The fourth-order valence-electron chi connectivity index (χ4n) is 2.07. The minimum Gasteiger partial charge on any atom is -0.356 e. The van der Waals surface area contributed by atoms with E-state index in [1.54, 1.807) is 0 Å². The van der Waals surface area contributed by atoms with Crippen molar-refractivity contribution >= 4 is 35.8 Å². The van der Waals surface area contributed by atoms with E-state index < -0.39 is 0 Å². The molecule has 0 aromatic heterocycles. The second kappa shape index (κ2) is 15.0. The maximum Gasteiger partial charge on any atom is 0.221 e. The summed E-state index contributed by atoms with van der Waals surface area (Å²) < 4.78 is 0. The van der Waals surface area contributed by atoms with Crippen LogP contribution in [0.3, 0.4) is 0 Å². The number of amides is 1. The van der Waals surface area contributed by atoms with Crippen molar-refractivity contribution in [3.05, 3.63) is 35.4 Å². The van der Waals surface area contributed by atoms with Crippen LogP contribution in [0.2, 0.25) is 0 Å². The Kier molecular flexibility index (Phi) is 14.2. The Morgan fingerprint density at radius 3 is 2.28 bits per heavy atom. The lowest BCUT2D eigenvalue weighted by molar-refractivity contribution is -0.120. The molecule has 6 heteroatoms.